The average molecular weight is 181 g/mol. The van der Waals surface area contributed by atoms with Crippen molar-refractivity contribution in [3.8, 4) is 0 Å². The third-order valence-corrected chi connectivity index (χ3v) is 1.75. The van der Waals surface area contributed by atoms with E-state index in [-0.39, 0.29) is 7.43 Å². The van der Waals surface area contributed by atoms with Gasteiger partial charge < -0.3 is 0 Å². The van der Waals surface area contributed by atoms with Crippen molar-refractivity contribution in [1.82, 2.24) is 9.97 Å². The molecule has 2 aromatic rings. The van der Waals surface area contributed by atoms with Crippen LogP contribution in [0.3, 0.4) is 0 Å². The monoisotopic (exact) mass is 180 g/mol. The second kappa shape index (κ2) is 3.50. The van der Waals surface area contributed by atoms with Crippen LogP contribution in [0.1, 0.15) is 7.43 Å². The first-order chi connectivity index (χ1) is 5.38. The Bertz CT molecular complexity index is 382. The average Bonchev–Trinajstić information content (AvgIpc) is 2.06. The van der Waals surface area contributed by atoms with E-state index < -0.39 is 0 Å². The van der Waals surface area contributed by atoms with Crippen molar-refractivity contribution < 1.29 is 0 Å². The van der Waals surface area contributed by atoms with Crippen molar-refractivity contribution in [2.75, 3.05) is 0 Å². The molecule has 2 rings (SSSR count). The summed E-state index contributed by atoms with van der Waals surface area (Å²) in [6.45, 7) is 0. The van der Waals surface area contributed by atoms with Gasteiger partial charge in [-0.2, -0.15) is 0 Å². The van der Waals surface area contributed by atoms with E-state index in [1.807, 2.05) is 12.1 Å². The Labute approximate surface area is 76.2 Å². The van der Waals surface area contributed by atoms with Crippen molar-refractivity contribution >= 4 is 22.6 Å². The molecule has 0 N–H and O–H groups in total. The molecule has 0 unspecified atom stereocenters. The van der Waals surface area contributed by atoms with E-state index in [4.69, 9.17) is 11.6 Å². The standard InChI is InChI=1S/C8H5ClN2.CH4/c9-6-2-1-3-7-8(6)11-5-4-10-7;/h1-5H;1H4. The Morgan fingerprint density at radius 1 is 1.08 bits per heavy atom. The molecule has 1 aromatic heterocycles. The summed E-state index contributed by atoms with van der Waals surface area (Å²) in [5.74, 6) is 0. The second-order valence-corrected chi connectivity index (χ2v) is 2.57. The molecule has 1 aromatic carbocycles. The van der Waals surface area contributed by atoms with Crippen LogP contribution in [-0.4, -0.2) is 9.97 Å². The van der Waals surface area contributed by atoms with E-state index >= 15 is 0 Å². The Morgan fingerprint density at radius 3 is 2.58 bits per heavy atom. The number of benzene rings is 1. The lowest BCUT2D eigenvalue weighted by atomic mass is 10.3. The Kier molecular flexibility index (Phi) is 2.61. The van der Waals surface area contributed by atoms with Gasteiger partial charge in [0, 0.05) is 12.4 Å². The number of halogens is 1. The highest BCUT2D eigenvalue weighted by Gasteiger charge is 1.97. The Morgan fingerprint density at radius 2 is 1.83 bits per heavy atom. The molecule has 0 radical (unpaired) electrons. The highest BCUT2D eigenvalue weighted by Crippen LogP contribution is 2.17. The van der Waals surface area contributed by atoms with Crippen molar-refractivity contribution in [3.63, 3.8) is 0 Å². The summed E-state index contributed by atoms with van der Waals surface area (Å²) in [7, 11) is 0. The van der Waals surface area contributed by atoms with Gasteiger partial charge in [0.15, 0.2) is 0 Å². The Hall–Kier alpha value is -1.15. The predicted octanol–water partition coefficient (Wildman–Crippen LogP) is 2.92. The predicted molar refractivity (Wildman–Crippen MR) is 51.3 cm³/mol. The van der Waals surface area contributed by atoms with Gasteiger partial charge >= 0.3 is 0 Å². The van der Waals surface area contributed by atoms with Crippen LogP contribution in [-0.2, 0) is 0 Å². The lowest BCUT2D eigenvalue weighted by molar-refractivity contribution is 1.29. The zero-order valence-corrected chi connectivity index (χ0v) is 6.42. The lowest BCUT2D eigenvalue weighted by Gasteiger charge is -1.95. The number of rotatable bonds is 0. The molecule has 2 nitrogen and oxygen atoms in total. The third-order valence-electron chi connectivity index (χ3n) is 1.45. The van der Waals surface area contributed by atoms with Gasteiger partial charge in [0.2, 0.25) is 0 Å². The summed E-state index contributed by atoms with van der Waals surface area (Å²) in [6, 6.07) is 5.55. The number of hydrogen-bond donors (Lipinski definition) is 0. The van der Waals surface area contributed by atoms with Crippen molar-refractivity contribution in [3.05, 3.63) is 35.6 Å². The van der Waals surface area contributed by atoms with E-state index in [0.717, 1.165) is 11.0 Å². The number of hydrogen-bond acceptors (Lipinski definition) is 2. The van der Waals surface area contributed by atoms with Crippen LogP contribution in [0.2, 0.25) is 5.02 Å². The molecule has 3 heteroatoms. The van der Waals surface area contributed by atoms with E-state index in [1.165, 1.54) is 0 Å². The van der Waals surface area contributed by atoms with Gasteiger partial charge in [-0.15, -0.1) is 0 Å². The summed E-state index contributed by atoms with van der Waals surface area (Å²) in [5, 5.41) is 0.649. The fraction of sp³-hybridized carbons (Fsp3) is 0.111. The topological polar surface area (TPSA) is 25.8 Å². The van der Waals surface area contributed by atoms with Gasteiger partial charge in [-0.05, 0) is 12.1 Å². The maximum Gasteiger partial charge on any atom is 0.107 e. The fourth-order valence-electron chi connectivity index (χ4n) is 0.957. The second-order valence-electron chi connectivity index (χ2n) is 2.16. The molecule has 0 aliphatic heterocycles. The molecule has 0 atom stereocenters. The zero-order valence-electron chi connectivity index (χ0n) is 5.66. The SMILES string of the molecule is C.Clc1cccc2nccnc12. The molecule has 0 saturated heterocycles. The number of nitrogens with zero attached hydrogens (tertiary/aromatic N) is 2. The maximum absolute atomic E-state index is 5.85. The summed E-state index contributed by atoms with van der Waals surface area (Å²) in [6.07, 6.45) is 3.28. The number of fused-ring (bicyclic) bond motifs is 1. The van der Waals surface area contributed by atoms with Crippen LogP contribution in [0.15, 0.2) is 30.6 Å². The molecule has 0 aliphatic carbocycles. The maximum atomic E-state index is 5.85. The minimum atomic E-state index is 0. The number of para-hydroxylation sites is 1. The molecular weight excluding hydrogens is 172 g/mol. The molecule has 0 bridgehead atoms. The summed E-state index contributed by atoms with van der Waals surface area (Å²) in [4.78, 5) is 8.18. The molecule has 1 heterocycles. The molecular formula is C9H9ClN2. The smallest absolute Gasteiger partial charge is 0.107 e. The molecule has 12 heavy (non-hydrogen) atoms. The first-order valence-corrected chi connectivity index (χ1v) is 3.61. The van der Waals surface area contributed by atoms with Gasteiger partial charge in [0.1, 0.15) is 5.52 Å². The lowest BCUT2D eigenvalue weighted by Crippen LogP contribution is -1.81. The fourth-order valence-corrected chi connectivity index (χ4v) is 1.18. The third kappa shape index (κ3) is 1.38. The first kappa shape index (κ1) is 8.94. The molecule has 0 fully saturated rings. The van der Waals surface area contributed by atoms with Crippen LogP contribution in [0, 0.1) is 0 Å². The van der Waals surface area contributed by atoms with E-state index in [2.05, 4.69) is 9.97 Å². The summed E-state index contributed by atoms with van der Waals surface area (Å²) in [5.41, 5.74) is 1.59. The van der Waals surface area contributed by atoms with Crippen LogP contribution in [0.4, 0.5) is 0 Å². The molecule has 0 spiro atoms. The van der Waals surface area contributed by atoms with Crippen molar-refractivity contribution in [2.24, 2.45) is 0 Å². The molecule has 0 amide bonds. The number of aromatic nitrogens is 2. The van der Waals surface area contributed by atoms with Gasteiger partial charge in [0.25, 0.3) is 0 Å². The highest BCUT2D eigenvalue weighted by molar-refractivity contribution is 6.34. The van der Waals surface area contributed by atoms with Crippen LogP contribution in [0.5, 0.6) is 0 Å². The molecule has 0 aliphatic rings. The van der Waals surface area contributed by atoms with Gasteiger partial charge in [0.05, 0.1) is 10.5 Å². The van der Waals surface area contributed by atoms with Crippen LogP contribution >= 0.6 is 11.6 Å². The molecule has 0 saturated carbocycles. The summed E-state index contributed by atoms with van der Waals surface area (Å²) >= 11 is 5.85. The molecule has 62 valence electrons. The minimum absolute atomic E-state index is 0. The van der Waals surface area contributed by atoms with Gasteiger partial charge in [-0.1, -0.05) is 25.1 Å². The van der Waals surface area contributed by atoms with Crippen molar-refractivity contribution in [2.45, 2.75) is 7.43 Å². The summed E-state index contributed by atoms with van der Waals surface area (Å²) < 4.78 is 0. The van der Waals surface area contributed by atoms with E-state index in [9.17, 15) is 0 Å². The Balaban J connectivity index is 0.000000720. The van der Waals surface area contributed by atoms with Crippen molar-refractivity contribution in [1.29, 1.82) is 0 Å². The van der Waals surface area contributed by atoms with Crippen LogP contribution < -0.4 is 0 Å². The zero-order chi connectivity index (χ0) is 7.68. The first-order valence-electron chi connectivity index (χ1n) is 3.23. The van der Waals surface area contributed by atoms with E-state index in [1.54, 1.807) is 18.5 Å². The highest BCUT2D eigenvalue weighted by atomic mass is 35.5. The normalized spacial score (nSPS) is 9.42. The van der Waals surface area contributed by atoms with E-state index in [0.29, 0.717) is 5.02 Å². The van der Waals surface area contributed by atoms with Gasteiger partial charge in [-0.25, -0.2) is 0 Å². The largest absolute Gasteiger partial charge is 0.253 e. The minimum Gasteiger partial charge on any atom is -0.253 e. The quantitative estimate of drug-likeness (QED) is 0.623. The van der Waals surface area contributed by atoms with Crippen LogP contribution in [0.25, 0.3) is 11.0 Å². The van der Waals surface area contributed by atoms with Gasteiger partial charge in [-0.3, -0.25) is 9.97 Å².